The number of aromatic nitrogens is 1. The molecule has 0 atom stereocenters. The minimum absolute atomic E-state index is 0.0373. The highest BCUT2D eigenvalue weighted by Gasteiger charge is 2.20. The van der Waals surface area contributed by atoms with Crippen molar-refractivity contribution in [2.75, 3.05) is 31.2 Å². The predicted octanol–water partition coefficient (Wildman–Crippen LogP) is 4.48. The van der Waals surface area contributed by atoms with Crippen LogP contribution in [0.25, 0.3) is 22.4 Å². The molecular formula is C26H19BrN3O5S-. The normalized spacial score (nSPS) is 13.4. The highest BCUT2D eigenvalue weighted by molar-refractivity contribution is 9.11. The van der Waals surface area contributed by atoms with Gasteiger partial charge in [0.2, 0.25) is 5.88 Å². The standard InChI is InChI=1S/C26H20BrN3O5S/c27-24-21(22(15-36-24)26(31)32)14-35-25-20(12-28)19(17-5-8-34-13-17)11-23(29-25)16-1-3-18(4-2-16)30-6-9-33-10-7-30/h1-5,8,11,13,15H,6-7,9-10,14H2,(H,31,32)/p-1. The molecule has 0 aliphatic carbocycles. The summed E-state index contributed by atoms with van der Waals surface area (Å²) in [6, 6.07) is 13.8. The SMILES string of the molecule is N#Cc1c(-c2ccoc2)cc(-c2ccc(N3CCOCC3)cc2)nc1OCc1c(C(=O)[O-])csc1Br. The second kappa shape index (κ2) is 10.5. The first-order chi connectivity index (χ1) is 17.5. The van der Waals surface area contributed by atoms with E-state index >= 15 is 0 Å². The minimum atomic E-state index is -1.29. The number of pyridine rings is 1. The van der Waals surface area contributed by atoms with Crippen LogP contribution in [0.1, 0.15) is 21.5 Å². The maximum Gasteiger partial charge on any atom is 0.233 e. The molecule has 0 unspecified atom stereocenters. The maximum atomic E-state index is 11.5. The van der Waals surface area contributed by atoms with Crippen LogP contribution in [0.2, 0.25) is 0 Å². The molecule has 182 valence electrons. The van der Waals surface area contributed by atoms with Crippen LogP contribution >= 0.6 is 27.3 Å². The molecule has 1 aliphatic heterocycles. The van der Waals surface area contributed by atoms with Crippen LogP contribution in [0.4, 0.5) is 5.69 Å². The van der Waals surface area contributed by atoms with Crippen molar-refractivity contribution in [1.29, 1.82) is 5.26 Å². The quantitative estimate of drug-likeness (QED) is 0.323. The number of nitriles is 1. The van der Waals surface area contributed by atoms with Crippen molar-refractivity contribution in [3.8, 4) is 34.3 Å². The number of nitrogens with zero attached hydrogens (tertiary/aromatic N) is 3. The molecule has 0 radical (unpaired) electrons. The van der Waals surface area contributed by atoms with E-state index in [1.54, 1.807) is 12.3 Å². The van der Waals surface area contributed by atoms with Crippen LogP contribution in [-0.4, -0.2) is 37.3 Å². The van der Waals surface area contributed by atoms with Gasteiger partial charge in [-0.25, -0.2) is 4.98 Å². The first kappa shape index (κ1) is 24.1. The van der Waals surface area contributed by atoms with E-state index in [2.05, 4.69) is 31.9 Å². The number of carbonyl (C=O) groups excluding carboxylic acids is 1. The van der Waals surface area contributed by atoms with E-state index in [4.69, 9.17) is 13.9 Å². The molecule has 0 N–H and O–H groups in total. The lowest BCUT2D eigenvalue weighted by molar-refractivity contribution is -0.255. The van der Waals surface area contributed by atoms with Crippen molar-refractivity contribution < 1.29 is 23.8 Å². The zero-order valence-corrected chi connectivity index (χ0v) is 21.3. The van der Waals surface area contributed by atoms with Crippen molar-refractivity contribution in [2.24, 2.45) is 0 Å². The summed E-state index contributed by atoms with van der Waals surface area (Å²) in [5.41, 5.74) is 4.55. The van der Waals surface area contributed by atoms with Crippen LogP contribution in [0, 0.1) is 11.3 Å². The third-order valence-corrected chi connectivity index (χ3v) is 7.73. The van der Waals surface area contributed by atoms with Crippen molar-refractivity contribution in [1.82, 2.24) is 4.98 Å². The summed E-state index contributed by atoms with van der Waals surface area (Å²) in [5.74, 6) is -1.19. The molecule has 10 heteroatoms. The second-order valence-corrected chi connectivity index (χ2v) is 10.2. The van der Waals surface area contributed by atoms with Gasteiger partial charge < -0.3 is 28.7 Å². The van der Waals surface area contributed by atoms with Gasteiger partial charge in [0, 0.05) is 52.0 Å². The van der Waals surface area contributed by atoms with Gasteiger partial charge in [0.15, 0.2) is 0 Å². The topological polar surface area (TPSA) is 112 Å². The number of hydrogen-bond donors (Lipinski definition) is 0. The minimum Gasteiger partial charge on any atom is -0.545 e. The van der Waals surface area contributed by atoms with Crippen molar-refractivity contribution in [2.45, 2.75) is 6.61 Å². The fourth-order valence-corrected chi connectivity index (χ4v) is 5.38. The molecule has 4 heterocycles. The summed E-state index contributed by atoms with van der Waals surface area (Å²) in [5, 5.41) is 22.9. The Morgan fingerprint density at radius 2 is 2.00 bits per heavy atom. The van der Waals surface area contributed by atoms with Crippen molar-refractivity contribution >= 4 is 38.9 Å². The number of thiophene rings is 1. The van der Waals surface area contributed by atoms with Gasteiger partial charge in [-0.05, 0) is 40.2 Å². The molecule has 8 nitrogen and oxygen atoms in total. The number of rotatable bonds is 7. The van der Waals surface area contributed by atoms with Crippen LogP contribution in [0.5, 0.6) is 5.88 Å². The van der Waals surface area contributed by atoms with E-state index in [1.165, 1.54) is 23.0 Å². The lowest BCUT2D eigenvalue weighted by Gasteiger charge is -2.28. The van der Waals surface area contributed by atoms with Crippen LogP contribution in [0.15, 0.2) is 62.5 Å². The van der Waals surface area contributed by atoms with E-state index < -0.39 is 5.97 Å². The van der Waals surface area contributed by atoms with E-state index in [0.29, 0.717) is 39.4 Å². The van der Waals surface area contributed by atoms with Crippen LogP contribution in [-0.2, 0) is 11.3 Å². The van der Waals surface area contributed by atoms with Gasteiger partial charge in [0.25, 0.3) is 0 Å². The highest BCUT2D eigenvalue weighted by atomic mass is 79.9. The lowest BCUT2D eigenvalue weighted by Crippen LogP contribution is -2.36. The van der Waals surface area contributed by atoms with Gasteiger partial charge >= 0.3 is 0 Å². The zero-order valence-electron chi connectivity index (χ0n) is 18.9. The predicted molar refractivity (Wildman–Crippen MR) is 136 cm³/mol. The van der Waals surface area contributed by atoms with Crippen molar-refractivity contribution in [3.05, 3.63) is 74.8 Å². The summed E-state index contributed by atoms with van der Waals surface area (Å²) in [4.78, 5) is 18.4. The summed E-state index contributed by atoms with van der Waals surface area (Å²) in [6.45, 7) is 2.98. The van der Waals surface area contributed by atoms with E-state index in [9.17, 15) is 15.2 Å². The number of benzene rings is 1. The molecule has 1 aliphatic rings. The first-order valence-corrected chi connectivity index (χ1v) is 12.7. The van der Waals surface area contributed by atoms with Gasteiger partial charge in [0.1, 0.15) is 18.2 Å². The Morgan fingerprint density at radius 3 is 2.67 bits per heavy atom. The van der Waals surface area contributed by atoms with Crippen LogP contribution in [0.3, 0.4) is 0 Å². The van der Waals surface area contributed by atoms with Crippen molar-refractivity contribution in [3.63, 3.8) is 0 Å². The third kappa shape index (κ3) is 4.86. The molecule has 0 bridgehead atoms. The highest BCUT2D eigenvalue weighted by Crippen LogP contribution is 2.36. The first-order valence-electron chi connectivity index (χ1n) is 11.1. The number of carboxylic acids is 1. The smallest absolute Gasteiger partial charge is 0.233 e. The zero-order chi connectivity index (χ0) is 25.1. The van der Waals surface area contributed by atoms with Gasteiger partial charge in [-0.15, -0.1) is 11.3 Å². The molecule has 0 saturated carbocycles. The molecule has 5 rings (SSSR count). The lowest BCUT2D eigenvalue weighted by atomic mass is 10.0. The monoisotopic (exact) mass is 564 g/mol. The van der Waals surface area contributed by atoms with Gasteiger partial charge in [-0.3, -0.25) is 0 Å². The molecule has 1 saturated heterocycles. The molecule has 3 aromatic heterocycles. The Hall–Kier alpha value is -3.65. The summed E-state index contributed by atoms with van der Waals surface area (Å²) < 4.78 is 17.3. The number of halogens is 1. The van der Waals surface area contributed by atoms with E-state index in [0.717, 1.165) is 24.3 Å². The second-order valence-electron chi connectivity index (χ2n) is 7.98. The molecule has 36 heavy (non-hydrogen) atoms. The van der Waals surface area contributed by atoms with Gasteiger partial charge in [0.05, 0.1) is 41.2 Å². The maximum absolute atomic E-state index is 11.5. The number of carbonyl (C=O) groups is 1. The number of aromatic carboxylic acids is 1. The fraction of sp³-hybridized carbons (Fsp3) is 0.192. The number of anilines is 1. The number of furan rings is 1. The van der Waals surface area contributed by atoms with Crippen LogP contribution < -0.4 is 14.7 Å². The average Bonchev–Trinajstić information content (AvgIpc) is 3.57. The number of hydrogen-bond acceptors (Lipinski definition) is 9. The average molecular weight is 565 g/mol. The van der Waals surface area contributed by atoms with E-state index in [-0.39, 0.29) is 23.6 Å². The Labute approximate surface area is 219 Å². The molecular weight excluding hydrogens is 546 g/mol. The number of ether oxygens (including phenoxy) is 2. The Morgan fingerprint density at radius 1 is 1.22 bits per heavy atom. The molecule has 1 fully saturated rings. The number of carboxylic acid groups (broad SMARTS) is 1. The number of morpholine rings is 1. The van der Waals surface area contributed by atoms with E-state index in [1.807, 2.05) is 30.3 Å². The fourth-order valence-electron chi connectivity index (χ4n) is 4.00. The van der Waals surface area contributed by atoms with Gasteiger partial charge in [-0.2, -0.15) is 5.26 Å². The Kier molecular flexibility index (Phi) is 7.04. The molecule has 0 spiro atoms. The molecule has 4 aromatic rings. The summed E-state index contributed by atoms with van der Waals surface area (Å²) in [6.07, 6.45) is 3.08. The third-order valence-electron chi connectivity index (χ3n) is 5.89. The Bertz CT molecular complexity index is 1420. The Balaban J connectivity index is 1.52. The summed E-state index contributed by atoms with van der Waals surface area (Å²) >= 11 is 4.59. The largest absolute Gasteiger partial charge is 0.545 e. The van der Waals surface area contributed by atoms with Gasteiger partial charge in [-0.1, -0.05) is 12.1 Å². The summed E-state index contributed by atoms with van der Waals surface area (Å²) in [7, 11) is 0. The molecule has 0 amide bonds. The molecule has 1 aromatic carbocycles.